The van der Waals surface area contributed by atoms with Crippen LogP contribution in [0, 0.1) is 11.7 Å². The van der Waals surface area contributed by atoms with Gasteiger partial charge in [-0.05, 0) is 24.3 Å². The van der Waals surface area contributed by atoms with Gasteiger partial charge in [-0.25, -0.2) is 4.39 Å². The van der Waals surface area contributed by atoms with Crippen LogP contribution in [-0.4, -0.2) is 45.0 Å². The molecule has 2 aromatic rings. The van der Waals surface area contributed by atoms with Crippen LogP contribution >= 0.6 is 0 Å². The zero-order valence-corrected chi connectivity index (χ0v) is 16.6. The average Bonchev–Trinajstić information content (AvgIpc) is 3.14. The number of rotatable bonds is 7. The minimum Gasteiger partial charge on any atom is -0.497 e. The normalized spacial score (nSPS) is 15.6. The van der Waals surface area contributed by atoms with Crippen LogP contribution < -0.4 is 25.0 Å². The Kier molecular flexibility index (Phi) is 6.51. The molecule has 0 aromatic heterocycles. The van der Waals surface area contributed by atoms with Crippen LogP contribution in [0.2, 0.25) is 0 Å². The zero-order chi connectivity index (χ0) is 21.7. The monoisotopic (exact) mass is 415 g/mol. The minimum absolute atomic E-state index is 0.0257. The van der Waals surface area contributed by atoms with Gasteiger partial charge >= 0.3 is 0 Å². The van der Waals surface area contributed by atoms with Crippen LogP contribution in [0.25, 0.3) is 0 Å². The number of nitrogens with one attached hydrogen (secondary N) is 2. The van der Waals surface area contributed by atoms with Crippen molar-refractivity contribution < 1.29 is 28.2 Å². The number of anilines is 2. The summed E-state index contributed by atoms with van der Waals surface area (Å²) < 4.78 is 23.4. The van der Waals surface area contributed by atoms with Crippen LogP contribution in [-0.2, 0) is 14.4 Å². The van der Waals surface area contributed by atoms with Crippen molar-refractivity contribution in [3.8, 4) is 11.5 Å². The predicted molar refractivity (Wildman–Crippen MR) is 108 cm³/mol. The van der Waals surface area contributed by atoms with E-state index in [0.717, 1.165) is 0 Å². The van der Waals surface area contributed by atoms with Gasteiger partial charge < -0.3 is 25.0 Å². The Morgan fingerprint density at radius 3 is 2.33 bits per heavy atom. The summed E-state index contributed by atoms with van der Waals surface area (Å²) >= 11 is 0. The molecule has 1 aliphatic rings. The summed E-state index contributed by atoms with van der Waals surface area (Å²) in [5, 5.41) is 5.21. The minimum atomic E-state index is -0.590. The lowest BCUT2D eigenvalue weighted by Crippen LogP contribution is -2.37. The lowest BCUT2D eigenvalue weighted by Gasteiger charge is -2.16. The van der Waals surface area contributed by atoms with Gasteiger partial charge in [0.15, 0.2) is 0 Å². The molecule has 9 heteroatoms. The summed E-state index contributed by atoms with van der Waals surface area (Å²) in [7, 11) is 3.00. The van der Waals surface area contributed by atoms with Crippen molar-refractivity contribution in [1.29, 1.82) is 0 Å². The lowest BCUT2D eigenvalue weighted by atomic mass is 10.1. The summed E-state index contributed by atoms with van der Waals surface area (Å²) in [5.41, 5.74) is 0.991. The lowest BCUT2D eigenvalue weighted by molar-refractivity contribution is -0.127. The second-order valence-corrected chi connectivity index (χ2v) is 6.75. The molecule has 1 atom stereocenters. The van der Waals surface area contributed by atoms with Gasteiger partial charge in [-0.1, -0.05) is 0 Å². The number of carbonyl (C=O) groups excluding carboxylic acids is 3. The Morgan fingerprint density at radius 1 is 1.10 bits per heavy atom. The number of amides is 3. The standard InChI is InChI=1S/C21H22FN3O5/c1-29-17-8-15(9-18(10-17)30-2)24-19(26)11-23-21(28)13-7-20(27)25(12-13)16-5-3-14(22)4-6-16/h3-6,8-10,13H,7,11-12H2,1-2H3,(H,23,28)(H,24,26). The molecule has 0 spiro atoms. The van der Waals surface area contributed by atoms with Crippen molar-refractivity contribution in [2.45, 2.75) is 6.42 Å². The quantitative estimate of drug-likeness (QED) is 0.721. The van der Waals surface area contributed by atoms with E-state index in [1.54, 1.807) is 18.2 Å². The highest BCUT2D eigenvalue weighted by Gasteiger charge is 2.35. The first-order chi connectivity index (χ1) is 14.4. The van der Waals surface area contributed by atoms with E-state index in [-0.39, 0.29) is 25.4 Å². The fraction of sp³-hybridized carbons (Fsp3) is 0.286. The molecule has 1 unspecified atom stereocenters. The third-order valence-electron chi connectivity index (χ3n) is 4.69. The van der Waals surface area contributed by atoms with E-state index < -0.39 is 23.5 Å². The predicted octanol–water partition coefficient (Wildman–Crippen LogP) is 1.95. The molecule has 1 fully saturated rings. The molecule has 158 valence electrons. The van der Waals surface area contributed by atoms with Crippen LogP contribution in [0.4, 0.5) is 15.8 Å². The SMILES string of the molecule is COc1cc(NC(=O)CNC(=O)C2CC(=O)N(c3ccc(F)cc3)C2)cc(OC)c1. The van der Waals surface area contributed by atoms with E-state index in [1.807, 2.05) is 0 Å². The maximum atomic E-state index is 13.1. The van der Waals surface area contributed by atoms with Crippen molar-refractivity contribution >= 4 is 29.1 Å². The number of nitrogens with zero attached hydrogens (tertiary/aromatic N) is 1. The topological polar surface area (TPSA) is 97.0 Å². The van der Waals surface area contributed by atoms with Gasteiger partial charge in [0.05, 0.1) is 26.7 Å². The van der Waals surface area contributed by atoms with E-state index >= 15 is 0 Å². The average molecular weight is 415 g/mol. The third kappa shape index (κ3) is 5.05. The van der Waals surface area contributed by atoms with E-state index in [1.165, 1.54) is 43.4 Å². The van der Waals surface area contributed by atoms with Crippen LogP contribution in [0.1, 0.15) is 6.42 Å². The van der Waals surface area contributed by atoms with Crippen molar-refractivity contribution in [1.82, 2.24) is 5.32 Å². The van der Waals surface area contributed by atoms with Crippen LogP contribution in [0.3, 0.4) is 0 Å². The molecule has 1 aliphatic heterocycles. The highest BCUT2D eigenvalue weighted by Crippen LogP contribution is 2.26. The zero-order valence-electron chi connectivity index (χ0n) is 16.6. The van der Waals surface area contributed by atoms with Crippen molar-refractivity contribution in [3.63, 3.8) is 0 Å². The van der Waals surface area contributed by atoms with Gasteiger partial charge in [0.1, 0.15) is 17.3 Å². The molecule has 0 aliphatic carbocycles. The number of methoxy groups -OCH3 is 2. The molecule has 1 heterocycles. The van der Waals surface area contributed by atoms with Crippen molar-refractivity contribution in [2.75, 3.05) is 37.5 Å². The second-order valence-electron chi connectivity index (χ2n) is 6.75. The Bertz CT molecular complexity index is 926. The van der Waals surface area contributed by atoms with E-state index in [4.69, 9.17) is 9.47 Å². The molecular formula is C21H22FN3O5. The van der Waals surface area contributed by atoms with Gasteiger partial charge in [0.2, 0.25) is 17.7 Å². The first-order valence-electron chi connectivity index (χ1n) is 9.26. The third-order valence-corrected chi connectivity index (χ3v) is 4.69. The van der Waals surface area contributed by atoms with E-state index in [2.05, 4.69) is 10.6 Å². The van der Waals surface area contributed by atoms with Gasteiger partial charge in [-0.15, -0.1) is 0 Å². The molecule has 3 amide bonds. The number of benzene rings is 2. The van der Waals surface area contributed by atoms with Crippen LogP contribution in [0.5, 0.6) is 11.5 Å². The summed E-state index contributed by atoms with van der Waals surface area (Å²) in [4.78, 5) is 38.3. The maximum absolute atomic E-state index is 13.1. The Morgan fingerprint density at radius 2 is 1.73 bits per heavy atom. The molecule has 1 saturated heterocycles. The molecule has 2 aromatic carbocycles. The Labute approximate surface area is 173 Å². The molecule has 3 rings (SSSR count). The highest BCUT2D eigenvalue weighted by atomic mass is 19.1. The largest absolute Gasteiger partial charge is 0.497 e. The highest BCUT2D eigenvalue weighted by molar-refractivity contribution is 6.01. The molecule has 30 heavy (non-hydrogen) atoms. The van der Waals surface area contributed by atoms with E-state index in [0.29, 0.717) is 22.9 Å². The molecule has 2 N–H and O–H groups in total. The maximum Gasteiger partial charge on any atom is 0.243 e. The number of hydrogen-bond acceptors (Lipinski definition) is 5. The molecule has 0 saturated carbocycles. The first-order valence-corrected chi connectivity index (χ1v) is 9.26. The Balaban J connectivity index is 1.53. The number of halogens is 1. The van der Waals surface area contributed by atoms with Gasteiger partial charge in [0.25, 0.3) is 0 Å². The fourth-order valence-corrected chi connectivity index (χ4v) is 3.15. The van der Waals surface area contributed by atoms with E-state index in [9.17, 15) is 18.8 Å². The second kappa shape index (κ2) is 9.25. The van der Waals surface area contributed by atoms with Gasteiger partial charge in [-0.3, -0.25) is 14.4 Å². The Hall–Kier alpha value is -3.62. The number of ether oxygens (including phenoxy) is 2. The molecule has 0 bridgehead atoms. The summed E-state index contributed by atoms with van der Waals surface area (Å²) in [5.74, 6) is -1.02. The van der Waals surface area contributed by atoms with Crippen molar-refractivity contribution in [3.05, 3.63) is 48.3 Å². The summed E-state index contributed by atoms with van der Waals surface area (Å²) in [6.07, 6.45) is 0.0257. The smallest absolute Gasteiger partial charge is 0.243 e. The molecule has 8 nitrogen and oxygen atoms in total. The summed E-state index contributed by atoms with van der Waals surface area (Å²) in [6.45, 7) is -0.0788. The van der Waals surface area contributed by atoms with Crippen LogP contribution in [0.15, 0.2) is 42.5 Å². The van der Waals surface area contributed by atoms with Crippen molar-refractivity contribution in [2.24, 2.45) is 5.92 Å². The molecule has 0 radical (unpaired) electrons. The molecular weight excluding hydrogens is 393 g/mol. The number of carbonyl (C=O) groups is 3. The first kappa shape index (κ1) is 21.1. The van der Waals surface area contributed by atoms with Gasteiger partial charge in [0, 0.05) is 42.5 Å². The van der Waals surface area contributed by atoms with Gasteiger partial charge in [-0.2, -0.15) is 0 Å². The number of hydrogen-bond donors (Lipinski definition) is 2. The fourth-order valence-electron chi connectivity index (χ4n) is 3.15. The summed E-state index contributed by atoms with van der Waals surface area (Å²) in [6, 6.07) is 10.4.